The van der Waals surface area contributed by atoms with Gasteiger partial charge in [-0.3, -0.25) is 9.36 Å². The summed E-state index contributed by atoms with van der Waals surface area (Å²) >= 11 is 0. The topological polar surface area (TPSA) is 114 Å². The van der Waals surface area contributed by atoms with Crippen LogP contribution in [0.15, 0.2) is 0 Å². The van der Waals surface area contributed by atoms with Gasteiger partial charge in [0.2, 0.25) is 0 Å². The summed E-state index contributed by atoms with van der Waals surface area (Å²) in [6, 6.07) is 0. The van der Waals surface area contributed by atoms with Crippen LogP contribution in [0, 0.1) is 5.92 Å². The highest BCUT2D eigenvalue weighted by Gasteiger charge is 2.32. The van der Waals surface area contributed by atoms with Gasteiger partial charge < -0.3 is 33.0 Å². The van der Waals surface area contributed by atoms with Gasteiger partial charge in [-0.25, -0.2) is 0 Å². The molecule has 0 amide bonds. The van der Waals surface area contributed by atoms with E-state index in [2.05, 4.69) is 11.7 Å². The number of carbonyl (C=O) groups is 1. The number of carbonyl (C=O) groups excluding carboxylic acids is 1. The fraction of sp³-hybridized carbons (Fsp3) is 0.967. The first-order valence-electron chi connectivity index (χ1n) is 15.7. The summed E-state index contributed by atoms with van der Waals surface area (Å²) < 4.78 is 34.5. The molecule has 0 fully saturated rings. The van der Waals surface area contributed by atoms with Crippen LogP contribution in [0.3, 0.4) is 0 Å². The zero-order valence-electron chi connectivity index (χ0n) is 26.6. The van der Waals surface area contributed by atoms with Crippen LogP contribution in [0.25, 0.3) is 0 Å². The molecule has 10 heteroatoms. The van der Waals surface area contributed by atoms with Crippen molar-refractivity contribution in [1.29, 1.82) is 0 Å². The van der Waals surface area contributed by atoms with Crippen LogP contribution in [0.4, 0.5) is 0 Å². The molecule has 1 N–H and O–H groups in total. The predicted molar refractivity (Wildman–Crippen MR) is 159 cm³/mol. The van der Waals surface area contributed by atoms with Gasteiger partial charge in [0, 0.05) is 13.0 Å². The van der Waals surface area contributed by atoms with Gasteiger partial charge in [0.25, 0.3) is 7.82 Å². The maximum atomic E-state index is 12.7. The molecule has 40 heavy (non-hydrogen) atoms. The highest BCUT2D eigenvalue weighted by atomic mass is 31.2. The average molecular weight is 596 g/mol. The molecule has 0 spiro atoms. The monoisotopic (exact) mass is 595 g/mol. The summed E-state index contributed by atoms with van der Waals surface area (Å²) in [4.78, 5) is 24.0. The fourth-order valence-electron chi connectivity index (χ4n) is 4.58. The van der Waals surface area contributed by atoms with E-state index in [0.717, 1.165) is 19.3 Å². The zero-order valence-corrected chi connectivity index (χ0v) is 27.5. The summed E-state index contributed by atoms with van der Waals surface area (Å²) in [5.41, 5.74) is 0. The van der Waals surface area contributed by atoms with Crippen LogP contribution < -0.4 is 4.89 Å². The lowest BCUT2D eigenvalue weighted by Gasteiger charge is -2.36. The molecule has 240 valence electrons. The zero-order chi connectivity index (χ0) is 30.3. The summed E-state index contributed by atoms with van der Waals surface area (Å²) in [6.07, 6.45) is 15.6. The van der Waals surface area contributed by atoms with Crippen molar-refractivity contribution in [1.82, 2.24) is 0 Å². The summed E-state index contributed by atoms with van der Waals surface area (Å²) in [6.45, 7) is 4.62. The standard InChI is InChI=1S/C30H62NO8P/c1-7-8-9-10-11-12-13-14-15-16-17-18-21-27(2)30(39-40(34,35)38-25-23-31(3,4)5)28(26-32)37-24-20-19-22-29(33)36-6/h27-28,30,32H,7-26H2,1-6H3/t27?,28-,30?/m0/s1. The van der Waals surface area contributed by atoms with Crippen molar-refractivity contribution >= 4 is 13.8 Å². The number of nitrogens with zero attached hydrogens (tertiary/aromatic N) is 1. The summed E-state index contributed by atoms with van der Waals surface area (Å²) in [7, 11) is 2.61. The Balaban J connectivity index is 4.73. The molecule has 0 aromatic carbocycles. The molecule has 0 saturated heterocycles. The third-order valence-corrected chi connectivity index (χ3v) is 8.22. The van der Waals surface area contributed by atoms with Crippen molar-refractivity contribution in [3.63, 3.8) is 0 Å². The molecule has 0 aliphatic carbocycles. The molecule has 0 radical (unpaired) electrons. The van der Waals surface area contributed by atoms with Gasteiger partial charge in [0.1, 0.15) is 19.3 Å². The Morgan fingerprint density at radius 1 is 0.875 bits per heavy atom. The third kappa shape index (κ3) is 23.1. The Morgan fingerprint density at radius 3 is 1.93 bits per heavy atom. The van der Waals surface area contributed by atoms with Gasteiger partial charge in [0.15, 0.2) is 0 Å². The second-order valence-electron chi connectivity index (χ2n) is 12.1. The Labute approximate surface area is 245 Å². The lowest BCUT2D eigenvalue weighted by atomic mass is 9.93. The SMILES string of the molecule is CCCCCCCCCCCCCCC(C)C(OP(=O)([O-])OCC[N+](C)(C)C)[C@H](CO)OCCCCC(=O)OC. The predicted octanol–water partition coefficient (Wildman–Crippen LogP) is 6.01. The molecule has 3 unspecified atom stereocenters. The highest BCUT2D eigenvalue weighted by molar-refractivity contribution is 7.45. The van der Waals surface area contributed by atoms with Gasteiger partial charge >= 0.3 is 5.97 Å². The minimum absolute atomic E-state index is 0.0162. The second-order valence-corrected chi connectivity index (χ2v) is 13.5. The first-order chi connectivity index (χ1) is 19.0. The number of phosphoric ester groups is 1. The number of ether oxygens (including phenoxy) is 2. The van der Waals surface area contributed by atoms with E-state index in [1.165, 1.54) is 71.3 Å². The van der Waals surface area contributed by atoms with Gasteiger partial charge in [0.05, 0.1) is 41.0 Å². The van der Waals surface area contributed by atoms with E-state index in [-0.39, 0.29) is 38.1 Å². The smallest absolute Gasteiger partial charge is 0.305 e. The molecule has 0 rings (SSSR count). The van der Waals surface area contributed by atoms with Crippen LogP contribution in [0.2, 0.25) is 0 Å². The lowest BCUT2D eigenvalue weighted by Crippen LogP contribution is -2.41. The molecule has 0 bridgehead atoms. The number of methoxy groups -OCH3 is 1. The van der Waals surface area contributed by atoms with E-state index in [1.807, 2.05) is 28.1 Å². The number of quaternary nitrogens is 1. The van der Waals surface area contributed by atoms with Crippen molar-refractivity contribution in [2.45, 2.75) is 129 Å². The van der Waals surface area contributed by atoms with Crippen molar-refractivity contribution in [2.75, 3.05) is 54.6 Å². The number of rotatable bonds is 28. The van der Waals surface area contributed by atoms with Crippen LogP contribution in [-0.4, -0.2) is 82.4 Å². The quantitative estimate of drug-likeness (QED) is 0.0506. The maximum absolute atomic E-state index is 12.7. The van der Waals surface area contributed by atoms with Crippen LogP contribution in [0.1, 0.15) is 117 Å². The minimum atomic E-state index is -4.60. The second kappa shape index (κ2) is 24.0. The number of aliphatic hydroxyl groups excluding tert-OH is 1. The molecule has 0 heterocycles. The number of likely N-dealkylation sites (N-methyl/N-ethyl adjacent to an activating group) is 1. The molecule has 0 aromatic rings. The number of hydrogen-bond donors (Lipinski definition) is 1. The van der Waals surface area contributed by atoms with Crippen LogP contribution >= 0.6 is 7.82 Å². The van der Waals surface area contributed by atoms with Crippen LogP contribution in [0.5, 0.6) is 0 Å². The normalized spacial score (nSPS) is 15.9. The molecular weight excluding hydrogens is 533 g/mol. The molecule has 4 atom stereocenters. The third-order valence-electron chi connectivity index (χ3n) is 7.22. The van der Waals surface area contributed by atoms with E-state index in [1.54, 1.807) is 0 Å². The van der Waals surface area contributed by atoms with Crippen molar-refractivity contribution in [3.8, 4) is 0 Å². The van der Waals surface area contributed by atoms with Crippen molar-refractivity contribution in [3.05, 3.63) is 0 Å². The molecule has 0 aromatic heterocycles. The van der Waals surface area contributed by atoms with E-state index >= 15 is 0 Å². The van der Waals surface area contributed by atoms with Gasteiger partial charge in [-0.2, -0.15) is 0 Å². The van der Waals surface area contributed by atoms with E-state index in [0.29, 0.717) is 23.9 Å². The largest absolute Gasteiger partial charge is 0.756 e. The Bertz CT molecular complexity index is 658. The number of esters is 1. The van der Waals surface area contributed by atoms with Gasteiger partial charge in [-0.05, 0) is 25.2 Å². The van der Waals surface area contributed by atoms with E-state index in [9.17, 15) is 19.4 Å². The first kappa shape index (κ1) is 39.5. The summed E-state index contributed by atoms with van der Waals surface area (Å²) in [5, 5.41) is 10.1. The van der Waals surface area contributed by atoms with Crippen molar-refractivity contribution in [2.24, 2.45) is 5.92 Å². The average Bonchev–Trinajstić information content (AvgIpc) is 2.89. The lowest BCUT2D eigenvalue weighted by molar-refractivity contribution is -0.870. The van der Waals surface area contributed by atoms with Crippen LogP contribution in [-0.2, 0) is 27.9 Å². The number of unbranched alkanes of at least 4 members (excludes halogenated alkanes) is 12. The molecule has 0 saturated carbocycles. The highest BCUT2D eigenvalue weighted by Crippen LogP contribution is 2.43. The molecule has 9 nitrogen and oxygen atoms in total. The number of aliphatic hydroxyl groups is 1. The van der Waals surface area contributed by atoms with Gasteiger partial charge in [-0.1, -0.05) is 90.9 Å². The Morgan fingerprint density at radius 2 is 1.43 bits per heavy atom. The fourth-order valence-corrected chi connectivity index (χ4v) is 5.58. The molecule has 0 aliphatic rings. The Hall–Kier alpha value is -0.540. The number of phosphoric acid groups is 1. The first-order valence-corrected chi connectivity index (χ1v) is 17.2. The van der Waals surface area contributed by atoms with Gasteiger partial charge in [-0.15, -0.1) is 0 Å². The van der Waals surface area contributed by atoms with E-state index in [4.69, 9.17) is 13.8 Å². The molecular formula is C30H62NO8P. The summed E-state index contributed by atoms with van der Waals surface area (Å²) in [5.74, 6) is -0.436. The Kier molecular flexibility index (Phi) is 23.6. The number of hydrogen-bond acceptors (Lipinski definition) is 8. The van der Waals surface area contributed by atoms with E-state index < -0.39 is 20.0 Å². The maximum Gasteiger partial charge on any atom is 0.305 e. The van der Waals surface area contributed by atoms with Crippen molar-refractivity contribution < 1.29 is 42.4 Å². The molecule has 0 aliphatic heterocycles. The minimum Gasteiger partial charge on any atom is -0.756 e.